The molecule has 0 saturated carbocycles. The van der Waals surface area contributed by atoms with E-state index in [0.29, 0.717) is 46.1 Å². The maximum absolute atomic E-state index is 15.6. The van der Waals surface area contributed by atoms with Gasteiger partial charge in [0.05, 0.1) is 27.9 Å². The van der Waals surface area contributed by atoms with Crippen molar-refractivity contribution in [3.8, 4) is 11.4 Å². The Balaban J connectivity index is 1.50. The molecular formula is C28H34FN7O. The lowest BCUT2D eigenvalue weighted by molar-refractivity contribution is 0.0976. The molecule has 0 spiro atoms. The second-order valence-corrected chi connectivity index (χ2v) is 10.8. The molecule has 9 heteroatoms. The lowest BCUT2D eigenvalue weighted by atomic mass is 9.83. The van der Waals surface area contributed by atoms with Gasteiger partial charge >= 0.3 is 0 Å². The Bertz CT molecular complexity index is 1470. The number of pyridine rings is 1. The normalized spacial score (nSPS) is 21.3. The topological polar surface area (TPSA) is 83.3 Å². The molecule has 2 bridgehead atoms. The zero-order valence-corrected chi connectivity index (χ0v) is 21.6. The minimum Gasteiger partial charge on any atom is -0.379 e. The third-order valence-corrected chi connectivity index (χ3v) is 7.99. The van der Waals surface area contributed by atoms with E-state index in [2.05, 4.69) is 25.1 Å². The SMILES string of the molecule is CN(C)CCN(C)c1cc2[nH]c(=O)c(-c3nc4ccccc4[nH]3)c(N[C@@H]3CN4CCC3CC4)c2cc1F. The molecule has 3 aliphatic heterocycles. The summed E-state index contributed by atoms with van der Waals surface area (Å²) in [6, 6.07) is 11.2. The van der Waals surface area contributed by atoms with Crippen LogP contribution >= 0.6 is 0 Å². The number of imidazole rings is 1. The smallest absolute Gasteiger partial charge is 0.261 e. The van der Waals surface area contributed by atoms with Gasteiger partial charge in [0.15, 0.2) is 0 Å². The van der Waals surface area contributed by atoms with Crippen molar-refractivity contribution in [2.24, 2.45) is 5.92 Å². The van der Waals surface area contributed by atoms with Crippen LogP contribution in [0, 0.1) is 11.7 Å². The van der Waals surface area contributed by atoms with E-state index in [4.69, 9.17) is 4.98 Å². The lowest BCUT2D eigenvalue weighted by Gasteiger charge is -2.45. The fraction of sp³-hybridized carbons (Fsp3) is 0.429. The van der Waals surface area contributed by atoms with Crippen LogP contribution in [0.4, 0.5) is 15.8 Å². The van der Waals surface area contributed by atoms with E-state index in [1.54, 1.807) is 12.1 Å². The van der Waals surface area contributed by atoms with Crippen molar-refractivity contribution in [1.82, 2.24) is 24.8 Å². The number of aromatic nitrogens is 3. The van der Waals surface area contributed by atoms with Crippen LogP contribution in [-0.4, -0.2) is 84.7 Å². The van der Waals surface area contributed by atoms with Gasteiger partial charge in [-0.15, -0.1) is 0 Å². The van der Waals surface area contributed by atoms with Gasteiger partial charge in [0.1, 0.15) is 17.2 Å². The van der Waals surface area contributed by atoms with Crippen LogP contribution < -0.4 is 15.8 Å². The number of fused-ring (bicyclic) bond motifs is 5. The lowest BCUT2D eigenvalue weighted by Crippen LogP contribution is -2.53. The first-order chi connectivity index (χ1) is 17.9. The molecule has 0 aliphatic carbocycles. The summed E-state index contributed by atoms with van der Waals surface area (Å²) in [4.78, 5) is 31.1. The maximum atomic E-state index is 15.6. The number of H-pyrrole nitrogens is 2. The molecule has 7 rings (SSSR count). The summed E-state index contributed by atoms with van der Waals surface area (Å²) >= 11 is 0. The number of benzene rings is 2. The van der Waals surface area contributed by atoms with E-state index in [9.17, 15) is 4.79 Å². The molecule has 0 amide bonds. The standard InChI is InChI=1S/C28H34FN7O/c1-34(2)12-13-35(3)24-15-22-18(14-19(24)29)26(30-23-16-36-10-8-17(23)9-11-36)25(28(37)33-22)27-31-20-6-4-5-7-21(20)32-27/h4-7,14-15,17,23H,8-13,16H2,1-3H3,(H,31,32)(H2,30,33,37)/t23-/m1/s1. The highest BCUT2D eigenvalue weighted by Gasteiger charge is 2.35. The summed E-state index contributed by atoms with van der Waals surface area (Å²) in [6.07, 6.45) is 2.27. The van der Waals surface area contributed by atoms with Crippen LogP contribution in [0.5, 0.6) is 0 Å². The highest BCUT2D eigenvalue weighted by atomic mass is 19.1. The number of nitrogens with zero attached hydrogens (tertiary/aromatic N) is 4. The molecule has 8 nitrogen and oxygen atoms in total. The van der Waals surface area contributed by atoms with E-state index < -0.39 is 0 Å². The van der Waals surface area contributed by atoms with Crippen LogP contribution in [-0.2, 0) is 0 Å². The van der Waals surface area contributed by atoms with Crippen molar-refractivity contribution in [2.45, 2.75) is 18.9 Å². The van der Waals surface area contributed by atoms with Gasteiger partial charge in [0, 0.05) is 38.1 Å². The average molecular weight is 504 g/mol. The van der Waals surface area contributed by atoms with Gasteiger partial charge in [0.25, 0.3) is 5.56 Å². The molecule has 194 valence electrons. The van der Waals surface area contributed by atoms with Crippen molar-refractivity contribution in [3.05, 3.63) is 52.6 Å². The van der Waals surface area contributed by atoms with Crippen molar-refractivity contribution in [2.75, 3.05) is 64.1 Å². The predicted molar refractivity (Wildman–Crippen MR) is 148 cm³/mol. The Hall–Kier alpha value is -3.43. The molecule has 3 aliphatic rings. The van der Waals surface area contributed by atoms with Gasteiger partial charge < -0.3 is 30.0 Å². The van der Waals surface area contributed by atoms with Crippen molar-refractivity contribution in [3.63, 3.8) is 0 Å². The molecule has 3 fully saturated rings. The number of anilines is 2. The molecule has 0 unspecified atom stereocenters. The first-order valence-electron chi connectivity index (χ1n) is 13.1. The summed E-state index contributed by atoms with van der Waals surface area (Å²) < 4.78 is 15.6. The van der Waals surface area contributed by atoms with Crippen LogP contribution in [0.1, 0.15) is 12.8 Å². The molecular weight excluding hydrogens is 469 g/mol. The Morgan fingerprint density at radius 1 is 1.08 bits per heavy atom. The first-order valence-corrected chi connectivity index (χ1v) is 13.1. The number of hydrogen-bond donors (Lipinski definition) is 3. The zero-order valence-electron chi connectivity index (χ0n) is 21.6. The fourth-order valence-corrected chi connectivity index (χ4v) is 5.83. The van der Waals surface area contributed by atoms with E-state index in [-0.39, 0.29) is 17.4 Å². The summed E-state index contributed by atoms with van der Waals surface area (Å²) in [6.45, 7) is 4.62. The first kappa shape index (κ1) is 23.9. The van der Waals surface area contributed by atoms with Crippen LogP contribution in [0.3, 0.4) is 0 Å². The van der Waals surface area contributed by atoms with E-state index >= 15 is 4.39 Å². The van der Waals surface area contributed by atoms with E-state index in [1.807, 2.05) is 50.3 Å². The average Bonchev–Trinajstić information content (AvgIpc) is 3.32. The van der Waals surface area contributed by atoms with Gasteiger partial charge in [-0.2, -0.15) is 0 Å². The van der Waals surface area contributed by atoms with E-state index in [1.165, 1.54) is 0 Å². The van der Waals surface area contributed by atoms with E-state index in [0.717, 1.165) is 50.1 Å². The molecule has 5 heterocycles. The molecule has 3 saturated heterocycles. The maximum Gasteiger partial charge on any atom is 0.261 e. The molecule has 2 aromatic heterocycles. The quantitative estimate of drug-likeness (QED) is 0.357. The second kappa shape index (κ2) is 9.46. The summed E-state index contributed by atoms with van der Waals surface area (Å²) in [5.74, 6) is 0.707. The molecule has 4 aromatic rings. The number of likely N-dealkylation sites (N-methyl/N-ethyl adjacent to an activating group) is 2. The number of hydrogen-bond acceptors (Lipinski definition) is 6. The van der Waals surface area contributed by atoms with Crippen LogP contribution in [0.25, 0.3) is 33.3 Å². The Morgan fingerprint density at radius 3 is 2.57 bits per heavy atom. The minimum absolute atomic E-state index is 0.195. The van der Waals surface area contributed by atoms with Crippen molar-refractivity contribution in [1.29, 1.82) is 0 Å². The van der Waals surface area contributed by atoms with Gasteiger partial charge in [-0.3, -0.25) is 4.79 Å². The second-order valence-electron chi connectivity index (χ2n) is 10.8. The van der Waals surface area contributed by atoms with Crippen molar-refractivity contribution >= 4 is 33.3 Å². The number of halogens is 1. The molecule has 3 N–H and O–H groups in total. The largest absolute Gasteiger partial charge is 0.379 e. The summed E-state index contributed by atoms with van der Waals surface area (Å²) in [7, 11) is 5.86. The third-order valence-electron chi connectivity index (χ3n) is 7.99. The number of rotatable bonds is 7. The minimum atomic E-state index is -0.312. The van der Waals surface area contributed by atoms with Gasteiger partial charge in [-0.05, 0) is 70.2 Å². The fourth-order valence-electron chi connectivity index (χ4n) is 5.83. The Kier molecular flexibility index (Phi) is 6.12. The van der Waals surface area contributed by atoms with Gasteiger partial charge in [-0.1, -0.05) is 12.1 Å². The van der Waals surface area contributed by atoms with Crippen molar-refractivity contribution < 1.29 is 4.39 Å². The predicted octanol–water partition coefficient (Wildman–Crippen LogP) is 3.71. The number of nitrogens with one attached hydrogen (secondary N) is 3. The van der Waals surface area contributed by atoms with Gasteiger partial charge in [0.2, 0.25) is 0 Å². The molecule has 0 radical (unpaired) electrons. The molecule has 2 aromatic carbocycles. The zero-order chi connectivity index (χ0) is 25.7. The Labute approximate surface area is 215 Å². The number of para-hydroxylation sites is 2. The Morgan fingerprint density at radius 2 is 1.86 bits per heavy atom. The molecule has 37 heavy (non-hydrogen) atoms. The highest BCUT2D eigenvalue weighted by Crippen LogP contribution is 2.37. The monoisotopic (exact) mass is 503 g/mol. The number of aromatic amines is 2. The molecule has 1 atom stereocenters. The summed E-state index contributed by atoms with van der Waals surface area (Å²) in [5, 5.41) is 4.38. The van der Waals surface area contributed by atoms with Crippen LogP contribution in [0.2, 0.25) is 0 Å². The van der Waals surface area contributed by atoms with Gasteiger partial charge in [-0.25, -0.2) is 9.37 Å². The summed E-state index contributed by atoms with van der Waals surface area (Å²) in [5.41, 5.74) is 3.55. The number of piperidine rings is 3. The van der Waals surface area contributed by atoms with Crippen LogP contribution in [0.15, 0.2) is 41.2 Å². The highest BCUT2D eigenvalue weighted by molar-refractivity contribution is 6.00. The third kappa shape index (κ3) is 4.46.